The predicted molar refractivity (Wildman–Crippen MR) is 132 cm³/mol. The molecule has 2 aliphatic heterocycles. The van der Waals surface area contributed by atoms with E-state index in [9.17, 15) is 0 Å². The molecule has 9 heteroatoms. The molecule has 32 heavy (non-hydrogen) atoms. The van der Waals surface area contributed by atoms with Gasteiger partial charge in [-0.25, -0.2) is 4.98 Å². The summed E-state index contributed by atoms with van der Waals surface area (Å²) in [5.41, 5.74) is 3.89. The Bertz CT molecular complexity index is 1240. The van der Waals surface area contributed by atoms with Crippen LogP contribution in [-0.2, 0) is 0 Å². The van der Waals surface area contributed by atoms with Crippen LogP contribution in [0, 0.1) is 0 Å². The van der Waals surface area contributed by atoms with Gasteiger partial charge in [0.15, 0.2) is 16.6 Å². The van der Waals surface area contributed by atoms with Crippen molar-refractivity contribution in [2.45, 2.75) is 44.2 Å². The maximum absolute atomic E-state index is 5.83. The van der Waals surface area contributed by atoms with Gasteiger partial charge in [-0.3, -0.25) is 4.99 Å². The van der Waals surface area contributed by atoms with Gasteiger partial charge in [0.2, 0.25) is 6.79 Å². The minimum absolute atomic E-state index is 0.200. The van der Waals surface area contributed by atoms with E-state index >= 15 is 0 Å². The second kappa shape index (κ2) is 8.04. The number of rotatable bonds is 3. The first-order chi connectivity index (χ1) is 15.7. The Morgan fingerprint density at radius 3 is 2.75 bits per heavy atom. The number of nitrogens with one attached hydrogen (secondary N) is 2. The van der Waals surface area contributed by atoms with Gasteiger partial charge in [0.1, 0.15) is 11.9 Å². The van der Waals surface area contributed by atoms with Gasteiger partial charge in [-0.1, -0.05) is 35.2 Å². The van der Waals surface area contributed by atoms with Crippen LogP contribution in [0.15, 0.2) is 46.1 Å². The number of hydrogen-bond donors (Lipinski definition) is 2. The molecule has 1 saturated carbocycles. The molecule has 6 rings (SSSR count). The molecule has 3 aliphatic rings. The molecule has 0 spiro atoms. The lowest BCUT2D eigenvalue weighted by Gasteiger charge is -2.27. The fourth-order valence-corrected chi connectivity index (χ4v) is 5.61. The zero-order chi connectivity index (χ0) is 21.7. The lowest BCUT2D eigenvalue weighted by Crippen LogP contribution is -2.29. The van der Waals surface area contributed by atoms with E-state index in [4.69, 9.17) is 26.7 Å². The van der Waals surface area contributed by atoms with Gasteiger partial charge < -0.3 is 24.7 Å². The van der Waals surface area contributed by atoms with Crippen molar-refractivity contribution in [2.75, 3.05) is 11.7 Å². The minimum Gasteiger partial charge on any atom is -0.454 e. The summed E-state index contributed by atoms with van der Waals surface area (Å²) >= 11 is 9.59. The van der Waals surface area contributed by atoms with Gasteiger partial charge in [-0.15, -0.1) is 0 Å². The lowest BCUT2D eigenvalue weighted by atomic mass is 9.95. The van der Waals surface area contributed by atoms with Crippen molar-refractivity contribution in [1.29, 1.82) is 0 Å². The maximum Gasteiger partial charge on any atom is 0.231 e. The quantitative estimate of drug-likeness (QED) is 0.469. The number of ether oxygens (including phenoxy) is 2. The van der Waals surface area contributed by atoms with Crippen molar-refractivity contribution in [3.8, 4) is 11.5 Å². The third kappa shape index (κ3) is 3.44. The van der Waals surface area contributed by atoms with Crippen LogP contribution in [0.1, 0.15) is 43.7 Å². The van der Waals surface area contributed by atoms with E-state index in [1.165, 1.54) is 19.3 Å². The van der Waals surface area contributed by atoms with Crippen LogP contribution in [-0.4, -0.2) is 33.8 Å². The van der Waals surface area contributed by atoms with Crippen molar-refractivity contribution in [3.05, 3.63) is 46.7 Å². The molecule has 7 nitrogen and oxygen atoms in total. The second-order valence-electron chi connectivity index (χ2n) is 8.34. The largest absolute Gasteiger partial charge is 0.454 e. The number of aliphatic imine (C=N–C) groups is 1. The van der Waals surface area contributed by atoms with Crippen molar-refractivity contribution in [1.82, 2.24) is 15.3 Å². The number of anilines is 1. The zero-order valence-electron chi connectivity index (χ0n) is 17.3. The molecule has 164 valence electrons. The molecule has 1 atom stereocenters. The molecule has 0 radical (unpaired) electrons. The third-order valence-corrected chi connectivity index (χ3v) is 7.32. The molecule has 1 saturated heterocycles. The topological polar surface area (TPSA) is 74.8 Å². The Balaban J connectivity index is 1.48. The van der Waals surface area contributed by atoms with E-state index in [0.717, 1.165) is 56.9 Å². The van der Waals surface area contributed by atoms with Gasteiger partial charge >= 0.3 is 0 Å². The molecular weight excluding hydrogens is 490 g/mol. The summed E-state index contributed by atoms with van der Waals surface area (Å²) in [5.74, 6) is 2.36. The van der Waals surface area contributed by atoms with Crippen molar-refractivity contribution in [2.24, 2.45) is 4.99 Å². The summed E-state index contributed by atoms with van der Waals surface area (Å²) in [5, 5.41) is 4.06. The highest BCUT2D eigenvalue weighted by atomic mass is 79.9. The third-order valence-electron chi connectivity index (χ3n) is 6.34. The first kappa shape index (κ1) is 20.0. The number of halogens is 1. The van der Waals surface area contributed by atoms with Gasteiger partial charge in [-0.05, 0) is 55.4 Å². The summed E-state index contributed by atoms with van der Waals surface area (Å²) < 4.78 is 12.2. The van der Waals surface area contributed by atoms with Crippen LogP contribution in [0.4, 0.5) is 5.69 Å². The highest BCUT2D eigenvalue weighted by molar-refractivity contribution is 9.10. The fraction of sp³-hybridized carbons (Fsp3) is 0.348. The Kier molecular flexibility index (Phi) is 5.02. The average Bonchev–Trinajstić information content (AvgIpc) is 3.51. The molecule has 2 fully saturated rings. The first-order valence-electron chi connectivity index (χ1n) is 10.9. The number of imidazole rings is 1. The van der Waals surface area contributed by atoms with Gasteiger partial charge in [0.25, 0.3) is 0 Å². The standard InChI is InChI=1S/C23H22BrN5O2S/c24-16-10-20-19(30-12-31-20)9-15(16)21-22(27-13-4-2-1-3-5-13)28-23(32)29(21)14-6-7-17-18(8-14)26-11-25-17/h6-11,13,21H,1-5,12H2,(H,25,26)(H,27,28,32). The highest BCUT2D eigenvalue weighted by Gasteiger charge is 2.39. The number of fused-ring (bicyclic) bond motifs is 2. The van der Waals surface area contributed by atoms with E-state index in [0.29, 0.717) is 11.2 Å². The summed E-state index contributed by atoms with van der Waals surface area (Å²) in [4.78, 5) is 14.8. The van der Waals surface area contributed by atoms with E-state index < -0.39 is 0 Å². The predicted octanol–water partition coefficient (Wildman–Crippen LogP) is 5.22. The molecular formula is C23H22BrN5O2S. The second-order valence-corrected chi connectivity index (χ2v) is 9.58. The molecule has 3 aromatic rings. The van der Waals surface area contributed by atoms with Gasteiger partial charge in [-0.2, -0.15) is 0 Å². The van der Waals surface area contributed by atoms with Crippen LogP contribution in [0.3, 0.4) is 0 Å². The highest BCUT2D eigenvalue weighted by Crippen LogP contribution is 2.43. The first-order valence-corrected chi connectivity index (χ1v) is 12.1. The van der Waals surface area contributed by atoms with Crippen LogP contribution in [0.5, 0.6) is 11.5 Å². The number of amidine groups is 1. The fourth-order valence-electron chi connectivity index (χ4n) is 4.76. The Labute approximate surface area is 199 Å². The molecule has 2 N–H and O–H groups in total. The summed E-state index contributed by atoms with van der Waals surface area (Å²) in [6, 6.07) is 10.2. The van der Waals surface area contributed by atoms with E-state index in [1.54, 1.807) is 6.33 Å². The number of benzene rings is 2. The number of aromatic nitrogens is 2. The molecule has 1 aromatic heterocycles. The van der Waals surface area contributed by atoms with Crippen molar-refractivity contribution >= 4 is 55.8 Å². The lowest BCUT2D eigenvalue weighted by molar-refractivity contribution is 0.174. The monoisotopic (exact) mass is 511 g/mol. The Hall–Kier alpha value is -2.65. The van der Waals surface area contributed by atoms with E-state index in [-0.39, 0.29) is 12.8 Å². The van der Waals surface area contributed by atoms with E-state index in [1.807, 2.05) is 18.2 Å². The molecule has 1 unspecified atom stereocenters. The maximum atomic E-state index is 5.83. The normalized spacial score (nSPS) is 22.2. The summed E-state index contributed by atoms with van der Waals surface area (Å²) in [6.45, 7) is 0.232. The number of aromatic amines is 1. The van der Waals surface area contributed by atoms with Crippen LogP contribution in [0.2, 0.25) is 0 Å². The summed E-state index contributed by atoms with van der Waals surface area (Å²) in [7, 11) is 0. The molecule has 2 aromatic carbocycles. The Morgan fingerprint density at radius 1 is 1.09 bits per heavy atom. The van der Waals surface area contributed by atoms with Crippen molar-refractivity contribution in [3.63, 3.8) is 0 Å². The number of thiocarbonyl (C=S) groups is 1. The number of H-pyrrole nitrogens is 1. The van der Waals surface area contributed by atoms with Crippen LogP contribution < -0.4 is 19.7 Å². The van der Waals surface area contributed by atoms with Crippen LogP contribution >= 0.6 is 28.1 Å². The number of hydrogen-bond acceptors (Lipinski definition) is 5. The SMILES string of the molecule is S=C1N/C(=N\C2CCCCC2)C(c2cc3c(cc2Br)OCO3)N1c1ccc2nc[nH]c2c1. The van der Waals surface area contributed by atoms with Crippen LogP contribution in [0.25, 0.3) is 11.0 Å². The molecule has 0 amide bonds. The van der Waals surface area contributed by atoms with Gasteiger partial charge in [0, 0.05) is 15.7 Å². The zero-order valence-corrected chi connectivity index (χ0v) is 19.7. The average molecular weight is 512 g/mol. The van der Waals surface area contributed by atoms with Gasteiger partial charge in [0.05, 0.1) is 23.4 Å². The summed E-state index contributed by atoms with van der Waals surface area (Å²) in [6.07, 6.45) is 7.69. The molecule has 1 aliphatic carbocycles. The van der Waals surface area contributed by atoms with Crippen molar-refractivity contribution < 1.29 is 9.47 Å². The Morgan fingerprint density at radius 2 is 1.91 bits per heavy atom. The number of nitrogens with zero attached hydrogens (tertiary/aromatic N) is 3. The molecule has 0 bridgehead atoms. The molecule has 3 heterocycles. The smallest absolute Gasteiger partial charge is 0.231 e. The minimum atomic E-state index is -0.200. The van der Waals surface area contributed by atoms with E-state index in [2.05, 4.69) is 48.2 Å².